The summed E-state index contributed by atoms with van der Waals surface area (Å²) in [5.41, 5.74) is 1.11. The van der Waals surface area contributed by atoms with Crippen molar-refractivity contribution in [2.75, 3.05) is 25.1 Å². The number of nitrogens with zero attached hydrogens (tertiary/aromatic N) is 1. The van der Waals surface area contributed by atoms with Crippen LogP contribution in [0.1, 0.15) is 18.4 Å². The molecular weight excluding hydrogens is 244 g/mol. The Hall–Kier alpha value is -1.90. The fraction of sp³-hybridized carbons (Fsp3) is 0.429. The van der Waals surface area contributed by atoms with Gasteiger partial charge in [-0.1, -0.05) is 6.07 Å². The van der Waals surface area contributed by atoms with Crippen molar-refractivity contribution in [1.82, 2.24) is 0 Å². The van der Waals surface area contributed by atoms with Crippen LogP contribution in [0.4, 0.5) is 5.69 Å². The first kappa shape index (κ1) is 13.5. The third-order valence-electron chi connectivity index (χ3n) is 2.84. The molecule has 1 heterocycles. The number of amides is 1. The average molecular weight is 260 g/mol. The quantitative estimate of drug-likeness (QED) is 0.874. The Morgan fingerprint density at radius 3 is 3.21 bits per heavy atom. The Balaban J connectivity index is 1.72. The Bertz CT molecular complexity index is 476. The molecule has 1 aromatic rings. The lowest BCUT2D eigenvalue weighted by Crippen LogP contribution is -2.22. The molecule has 0 aliphatic carbocycles. The zero-order valence-corrected chi connectivity index (χ0v) is 10.6. The summed E-state index contributed by atoms with van der Waals surface area (Å²) in [6, 6.07) is 8.79. The Labute approximate surface area is 112 Å². The SMILES string of the molecule is N#Cc1cccc(NC(=O)COCC2CCCO2)c1. The molecule has 0 radical (unpaired) electrons. The predicted octanol–water partition coefficient (Wildman–Crippen LogP) is 1.69. The van der Waals surface area contributed by atoms with E-state index in [1.165, 1.54) is 0 Å². The fourth-order valence-corrected chi connectivity index (χ4v) is 1.92. The Kier molecular flexibility index (Phi) is 4.90. The fourth-order valence-electron chi connectivity index (χ4n) is 1.92. The van der Waals surface area contributed by atoms with E-state index in [4.69, 9.17) is 14.7 Å². The van der Waals surface area contributed by atoms with Crippen molar-refractivity contribution < 1.29 is 14.3 Å². The number of hydrogen-bond donors (Lipinski definition) is 1. The number of anilines is 1. The van der Waals surface area contributed by atoms with Crippen LogP contribution in [0.2, 0.25) is 0 Å². The second kappa shape index (κ2) is 6.88. The van der Waals surface area contributed by atoms with Crippen molar-refractivity contribution in [2.45, 2.75) is 18.9 Å². The molecule has 0 spiro atoms. The van der Waals surface area contributed by atoms with Crippen LogP contribution in [0.5, 0.6) is 0 Å². The zero-order chi connectivity index (χ0) is 13.5. The molecule has 1 saturated heterocycles. The van der Waals surface area contributed by atoms with E-state index in [-0.39, 0.29) is 18.6 Å². The van der Waals surface area contributed by atoms with Crippen LogP contribution in [0.15, 0.2) is 24.3 Å². The number of carbonyl (C=O) groups excluding carboxylic acids is 1. The minimum absolute atomic E-state index is 0.00333. The van der Waals surface area contributed by atoms with Crippen molar-refractivity contribution in [3.05, 3.63) is 29.8 Å². The van der Waals surface area contributed by atoms with Crippen molar-refractivity contribution in [2.24, 2.45) is 0 Å². The molecule has 2 rings (SSSR count). The highest BCUT2D eigenvalue weighted by Crippen LogP contribution is 2.12. The lowest BCUT2D eigenvalue weighted by atomic mass is 10.2. The molecule has 1 atom stereocenters. The molecule has 1 fully saturated rings. The van der Waals surface area contributed by atoms with Gasteiger partial charge < -0.3 is 14.8 Å². The molecule has 1 aliphatic rings. The molecule has 1 N–H and O–H groups in total. The minimum atomic E-state index is -0.229. The Morgan fingerprint density at radius 1 is 1.58 bits per heavy atom. The first-order valence-electron chi connectivity index (χ1n) is 6.27. The van der Waals surface area contributed by atoms with E-state index in [0.717, 1.165) is 19.4 Å². The summed E-state index contributed by atoms with van der Waals surface area (Å²) in [5, 5.41) is 11.4. The van der Waals surface area contributed by atoms with Gasteiger partial charge in [0.25, 0.3) is 0 Å². The standard InChI is InChI=1S/C14H16N2O3/c15-8-11-3-1-4-12(7-11)16-14(17)10-18-9-13-5-2-6-19-13/h1,3-4,7,13H,2,5-6,9-10H2,(H,16,17). The van der Waals surface area contributed by atoms with E-state index in [1.54, 1.807) is 24.3 Å². The molecule has 0 aromatic heterocycles. The van der Waals surface area contributed by atoms with Gasteiger partial charge in [-0.05, 0) is 31.0 Å². The maximum Gasteiger partial charge on any atom is 0.250 e. The van der Waals surface area contributed by atoms with Gasteiger partial charge in [-0.25, -0.2) is 0 Å². The number of nitrogens with one attached hydrogen (secondary N) is 1. The third kappa shape index (κ3) is 4.36. The highest BCUT2D eigenvalue weighted by molar-refractivity contribution is 5.91. The van der Waals surface area contributed by atoms with Gasteiger partial charge >= 0.3 is 0 Å². The highest BCUT2D eigenvalue weighted by Gasteiger charge is 2.15. The maximum absolute atomic E-state index is 11.6. The highest BCUT2D eigenvalue weighted by atomic mass is 16.5. The van der Waals surface area contributed by atoms with E-state index in [9.17, 15) is 4.79 Å². The Morgan fingerprint density at radius 2 is 2.47 bits per heavy atom. The zero-order valence-electron chi connectivity index (χ0n) is 10.6. The van der Waals surface area contributed by atoms with Crippen LogP contribution in [-0.4, -0.2) is 31.8 Å². The van der Waals surface area contributed by atoms with Gasteiger partial charge in [0.2, 0.25) is 5.91 Å². The molecule has 1 aromatic carbocycles. The maximum atomic E-state index is 11.6. The van der Waals surface area contributed by atoms with Crippen molar-refractivity contribution in [3.63, 3.8) is 0 Å². The average Bonchev–Trinajstić information content (AvgIpc) is 2.92. The van der Waals surface area contributed by atoms with Crippen molar-refractivity contribution in [1.29, 1.82) is 5.26 Å². The molecule has 0 saturated carbocycles. The van der Waals surface area contributed by atoms with Gasteiger partial charge in [-0.15, -0.1) is 0 Å². The normalized spacial score (nSPS) is 17.9. The van der Waals surface area contributed by atoms with Gasteiger partial charge in [-0.3, -0.25) is 4.79 Å². The number of ether oxygens (including phenoxy) is 2. The topological polar surface area (TPSA) is 71.4 Å². The first-order chi connectivity index (χ1) is 9.28. The summed E-state index contributed by atoms with van der Waals surface area (Å²) in [4.78, 5) is 11.6. The van der Waals surface area contributed by atoms with Crippen molar-refractivity contribution in [3.8, 4) is 6.07 Å². The molecule has 19 heavy (non-hydrogen) atoms. The van der Waals surface area contributed by atoms with Crippen LogP contribution in [0.25, 0.3) is 0 Å². The molecule has 1 unspecified atom stereocenters. The van der Waals surface area contributed by atoms with E-state index in [2.05, 4.69) is 5.32 Å². The van der Waals surface area contributed by atoms with Crippen LogP contribution >= 0.6 is 0 Å². The lowest BCUT2D eigenvalue weighted by molar-refractivity contribution is -0.121. The molecule has 0 bridgehead atoms. The smallest absolute Gasteiger partial charge is 0.250 e. The molecule has 100 valence electrons. The molecule has 5 heteroatoms. The summed E-state index contributed by atoms with van der Waals surface area (Å²) in [5.74, 6) is -0.229. The lowest BCUT2D eigenvalue weighted by Gasteiger charge is -2.10. The third-order valence-corrected chi connectivity index (χ3v) is 2.84. The number of rotatable bonds is 5. The molecule has 1 amide bonds. The van der Waals surface area contributed by atoms with Crippen molar-refractivity contribution >= 4 is 11.6 Å². The summed E-state index contributed by atoms with van der Waals surface area (Å²) in [7, 11) is 0. The second-order valence-corrected chi connectivity index (χ2v) is 4.39. The number of hydrogen-bond acceptors (Lipinski definition) is 4. The summed E-state index contributed by atoms with van der Waals surface area (Å²) >= 11 is 0. The van der Waals surface area contributed by atoms with Crippen LogP contribution in [-0.2, 0) is 14.3 Å². The summed E-state index contributed by atoms with van der Waals surface area (Å²) < 4.78 is 10.7. The van der Waals surface area contributed by atoms with Crippen LogP contribution < -0.4 is 5.32 Å². The minimum Gasteiger partial charge on any atom is -0.376 e. The van der Waals surface area contributed by atoms with Gasteiger partial charge in [0.05, 0.1) is 24.3 Å². The van der Waals surface area contributed by atoms with E-state index in [1.807, 2.05) is 6.07 Å². The van der Waals surface area contributed by atoms with Gasteiger partial charge in [0, 0.05) is 12.3 Å². The number of nitriles is 1. The van der Waals surface area contributed by atoms with Gasteiger partial charge in [0.1, 0.15) is 6.61 Å². The van der Waals surface area contributed by atoms with Crippen LogP contribution in [0, 0.1) is 11.3 Å². The summed E-state index contributed by atoms with van der Waals surface area (Å²) in [6.45, 7) is 1.23. The predicted molar refractivity (Wildman–Crippen MR) is 69.6 cm³/mol. The van der Waals surface area contributed by atoms with Gasteiger partial charge in [0.15, 0.2) is 0 Å². The van der Waals surface area contributed by atoms with E-state index in [0.29, 0.717) is 17.9 Å². The van der Waals surface area contributed by atoms with Crippen LogP contribution in [0.3, 0.4) is 0 Å². The number of carbonyl (C=O) groups is 1. The number of benzene rings is 1. The summed E-state index contributed by atoms with van der Waals surface area (Å²) in [6.07, 6.45) is 2.17. The van der Waals surface area contributed by atoms with Gasteiger partial charge in [-0.2, -0.15) is 5.26 Å². The monoisotopic (exact) mass is 260 g/mol. The molecule has 5 nitrogen and oxygen atoms in total. The van der Waals surface area contributed by atoms with E-state index >= 15 is 0 Å². The second-order valence-electron chi connectivity index (χ2n) is 4.39. The molecule has 1 aliphatic heterocycles. The largest absolute Gasteiger partial charge is 0.376 e. The molecular formula is C14H16N2O3. The van der Waals surface area contributed by atoms with E-state index < -0.39 is 0 Å². The first-order valence-corrected chi connectivity index (χ1v) is 6.27.